The third-order valence-electron chi connectivity index (χ3n) is 6.15. The Labute approximate surface area is 129 Å². The van der Waals surface area contributed by atoms with Crippen molar-refractivity contribution >= 4 is 5.97 Å². The third kappa shape index (κ3) is 3.78. The van der Waals surface area contributed by atoms with Gasteiger partial charge in [-0.2, -0.15) is 0 Å². The molecule has 4 nitrogen and oxygen atoms in total. The Bertz CT molecular complexity index is 337. The molecular formula is C17H32N2O2. The number of carbonyl (C=O) groups is 1. The Balaban J connectivity index is 1.73. The van der Waals surface area contributed by atoms with Crippen LogP contribution in [0.2, 0.25) is 0 Å². The third-order valence-corrected chi connectivity index (χ3v) is 6.15. The van der Waals surface area contributed by atoms with E-state index in [2.05, 4.69) is 10.2 Å². The molecule has 0 aromatic carbocycles. The number of carboxylic acid groups (broad SMARTS) is 1. The average molecular weight is 296 g/mol. The lowest BCUT2D eigenvalue weighted by Crippen LogP contribution is -2.50. The second-order valence-electron chi connectivity index (χ2n) is 7.14. The first kappa shape index (κ1) is 16.8. The average Bonchev–Trinajstić information content (AvgIpc) is 2.94. The first-order valence-electron chi connectivity index (χ1n) is 8.70. The van der Waals surface area contributed by atoms with Crippen molar-refractivity contribution < 1.29 is 9.90 Å². The van der Waals surface area contributed by atoms with E-state index in [-0.39, 0.29) is 0 Å². The van der Waals surface area contributed by atoms with Gasteiger partial charge in [0.2, 0.25) is 0 Å². The number of likely N-dealkylation sites (tertiary alicyclic amines) is 1. The Kier molecular flexibility index (Phi) is 5.67. The summed E-state index contributed by atoms with van der Waals surface area (Å²) >= 11 is 0. The standard InChI is InChI=1S/C17H32N2O2/c1-3-17(18-2,15(20)21)9-6-12-19-13-10-16(11-14-19)7-4-5-8-16/h18H,3-14H2,1-2H3,(H,20,21). The molecule has 4 heteroatoms. The smallest absolute Gasteiger partial charge is 0.323 e. The maximum absolute atomic E-state index is 11.5. The lowest BCUT2D eigenvalue weighted by atomic mass is 9.77. The van der Waals surface area contributed by atoms with E-state index in [0.717, 1.165) is 19.4 Å². The molecule has 2 rings (SSSR count). The quantitative estimate of drug-likeness (QED) is 0.758. The van der Waals surface area contributed by atoms with Gasteiger partial charge in [0.1, 0.15) is 5.54 Å². The molecule has 122 valence electrons. The number of rotatable bonds is 7. The number of carboxylic acids is 1. The lowest BCUT2D eigenvalue weighted by molar-refractivity contribution is -0.145. The van der Waals surface area contributed by atoms with Crippen molar-refractivity contribution in [3.8, 4) is 0 Å². The van der Waals surface area contributed by atoms with Gasteiger partial charge >= 0.3 is 5.97 Å². The van der Waals surface area contributed by atoms with E-state index in [9.17, 15) is 9.90 Å². The number of aliphatic carboxylic acids is 1. The number of likely N-dealkylation sites (N-methyl/N-ethyl adjacent to an activating group) is 1. The van der Waals surface area contributed by atoms with Crippen molar-refractivity contribution in [3.63, 3.8) is 0 Å². The molecule has 0 bridgehead atoms. The molecule has 1 spiro atoms. The minimum atomic E-state index is -0.734. The summed E-state index contributed by atoms with van der Waals surface area (Å²) in [6, 6.07) is 0. The van der Waals surface area contributed by atoms with E-state index in [1.807, 2.05) is 6.92 Å². The summed E-state index contributed by atoms with van der Waals surface area (Å²) in [5.74, 6) is -0.712. The fourth-order valence-electron chi connectivity index (χ4n) is 4.32. The summed E-state index contributed by atoms with van der Waals surface area (Å²) in [4.78, 5) is 14.0. The van der Waals surface area contributed by atoms with Crippen molar-refractivity contribution in [2.75, 3.05) is 26.7 Å². The first-order valence-corrected chi connectivity index (χ1v) is 8.70. The summed E-state index contributed by atoms with van der Waals surface area (Å²) in [6.45, 7) is 5.43. The minimum absolute atomic E-state index is 0.641. The Morgan fingerprint density at radius 2 is 1.86 bits per heavy atom. The van der Waals surface area contributed by atoms with Crippen molar-refractivity contribution in [1.82, 2.24) is 10.2 Å². The van der Waals surface area contributed by atoms with Crippen LogP contribution in [0, 0.1) is 5.41 Å². The fraction of sp³-hybridized carbons (Fsp3) is 0.941. The molecule has 0 aromatic rings. The molecule has 1 heterocycles. The molecular weight excluding hydrogens is 264 g/mol. The summed E-state index contributed by atoms with van der Waals surface area (Å²) in [7, 11) is 1.77. The molecule has 1 saturated carbocycles. The molecule has 2 N–H and O–H groups in total. The molecule has 1 aliphatic heterocycles. The number of piperidine rings is 1. The van der Waals surface area contributed by atoms with Crippen LogP contribution in [0.1, 0.15) is 64.7 Å². The topological polar surface area (TPSA) is 52.6 Å². The van der Waals surface area contributed by atoms with Gasteiger partial charge in [0, 0.05) is 0 Å². The van der Waals surface area contributed by atoms with E-state index >= 15 is 0 Å². The molecule has 1 atom stereocenters. The maximum Gasteiger partial charge on any atom is 0.323 e. The second-order valence-corrected chi connectivity index (χ2v) is 7.14. The number of nitrogens with one attached hydrogen (secondary N) is 1. The largest absolute Gasteiger partial charge is 0.480 e. The van der Waals surface area contributed by atoms with Gasteiger partial charge in [0.25, 0.3) is 0 Å². The van der Waals surface area contributed by atoms with Crippen LogP contribution >= 0.6 is 0 Å². The zero-order chi connectivity index (χ0) is 15.3. The van der Waals surface area contributed by atoms with Crippen LogP contribution in [-0.4, -0.2) is 48.2 Å². The second kappa shape index (κ2) is 7.10. The van der Waals surface area contributed by atoms with Crippen LogP contribution in [0.25, 0.3) is 0 Å². The van der Waals surface area contributed by atoms with Gasteiger partial charge < -0.3 is 15.3 Å². The lowest BCUT2D eigenvalue weighted by Gasteiger charge is -2.39. The first-order chi connectivity index (χ1) is 10.1. The zero-order valence-corrected chi connectivity index (χ0v) is 13.8. The predicted octanol–water partition coefficient (Wildman–Crippen LogP) is 2.88. The molecule has 0 aromatic heterocycles. The summed E-state index contributed by atoms with van der Waals surface area (Å²) in [5, 5.41) is 12.4. The SMILES string of the molecule is CCC(CCCN1CCC2(CCCC2)CC1)(NC)C(=O)O. The van der Waals surface area contributed by atoms with E-state index < -0.39 is 11.5 Å². The molecule has 2 fully saturated rings. The van der Waals surface area contributed by atoms with Gasteiger partial charge in [0.15, 0.2) is 0 Å². The maximum atomic E-state index is 11.5. The van der Waals surface area contributed by atoms with Crippen molar-refractivity contribution in [1.29, 1.82) is 0 Å². The van der Waals surface area contributed by atoms with Gasteiger partial charge in [-0.3, -0.25) is 4.79 Å². The van der Waals surface area contributed by atoms with Crippen molar-refractivity contribution in [2.24, 2.45) is 5.41 Å². The monoisotopic (exact) mass is 296 g/mol. The van der Waals surface area contributed by atoms with E-state index in [1.54, 1.807) is 7.05 Å². The van der Waals surface area contributed by atoms with Gasteiger partial charge in [-0.25, -0.2) is 0 Å². The Morgan fingerprint density at radius 1 is 1.24 bits per heavy atom. The molecule has 0 radical (unpaired) electrons. The fourth-order valence-corrected chi connectivity index (χ4v) is 4.32. The molecule has 1 aliphatic carbocycles. The van der Waals surface area contributed by atoms with Crippen molar-refractivity contribution in [3.05, 3.63) is 0 Å². The Morgan fingerprint density at radius 3 is 2.33 bits per heavy atom. The van der Waals surface area contributed by atoms with E-state index in [1.165, 1.54) is 51.6 Å². The van der Waals surface area contributed by atoms with Crippen LogP contribution in [0.3, 0.4) is 0 Å². The van der Waals surface area contributed by atoms with Gasteiger partial charge in [0.05, 0.1) is 0 Å². The summed E-state index contributed by atoms with van der Waals surface area (Å²) in [6.07, 6.45) is 10.8. The summed E-state index contributed by atoms with van der Waals surface area (Å²) < 4.78 is 0. The molecule has 2 aliphatic rings. The van der Waals surface area contributed by atoms with Crippen LogP contribution in [-0.2, 0) is 4.79 Å². The van der Waals surface area contributed by atoms with Crippen LogP contribution in [0.15, 0.2) is 0 Å². The Hall–Kier alpha value is -0.610. The van der Waals surface area contributed by atoms with Crippen molar-refractivity contribution in [2.45, 2.75) is 70.3 Å². The minimum Gasteiger partial charge on any atom is -0.480 e. The van der Waals surface area contributed by atoms with E-state index in [0.29, 0.717) is 11.8 Å². The number of nitrogens with zero attached hydrogens (tertiary/aromatic N) is 1. The number of hydrogen-bond acceptors (Lipinski definition) is 3. The highest BCUT2D eigenvalue weighted by Crippen LogP contribution is 2.46. The zero-order valence-electron chi connectivity index (χ0n) is 13.8. The molecule has 1 saturated heterocycles. The molecule has 1 unspecified atom stereocenters. The van der Waals surface area contributed by atoms with E-state index in [4.69, 9.17) is 0 Å². The highest BCUT2D eigenvalue weighted by Gasteiger charge is 2.37. The van der Waals surface area contributed by atoms with Gasteiger partial charge in [-0.1, -0.05) is 19.8 Å². The molecule has 0 amide bonds. The number of hydrogen-bond donors (Lipinski definition) is 2. The predicted molar refractivity (Wildman–Crippen MR) is 85.5 cm³/mol. The van der Waals surface area contributed by atoms with Crippen LogP contribution < -0.4 is 5.32 Å². The highest BCUT2D eigenvalue weighted by atomic mass is 16.4. The van der Waals surface area contributed by atoms with Crippen LogP contribution in [0.5, 0.6) is 0 Å². The summed E-state index contributed by atoms with van der Waals surface area (Å²) in [5.41, 5.74) is -0.0574. The van der Waals surface area contributed by atoms with Gasteiger partial charge in [-0.05, 0) is 77.0 Å². The van der Waals surface area contributed by atoms with Crippen LogP contribution in [0.4, 0.5) is 0 Å². The molecule has 21 heavy (non-hydrogen) atoms. The van der Waals surface area contributed by atoms with Gasteiger partial charge in [-0.15, -0.1) is 0 Å². The highest BCUT2D eigenvalue weighted by molar-refractivity contribution is 5.78. The normalized spacial score (nSPS) is 25.0.